The van der Waals surface area contributed by atoms with Crippen LogP contribution in [0.3, 0.4) is 0 Å². The standard InChI is InChI=1S/C28H38O2/c1-3-4-5-6-7-8-9-23-12-16-26(17-13-23)28(29)30-27-20-18-25(19-21-27)24-14-10-22(2)11-15-24/h12-13,16-22,24H,3-11,14-15H2,1-2H3. The van der Waals surface area contributed by atoms with E-state index < -0.39 is 0 Å². The number of carbonyl (C=O) groups excluding carboxylic acids is 1. The van der Waals surface area contributed by atoms with E-state index in [0.29, 0.717) is 17.2 Å². The van der Waals surface area contributed by atoms with Crippen molar-refractivity contribution in [3.8, 4) is 5.75 Å². The first-order valence-electron chi connectivity index (χ1n) is 12.1. The molecule has 3 rings (SSSR count). The molecule has 1 fully saturated rings. The molecule has 0 aliphatic heterocycles. The van der Waals surface area contributed by atoms with E-state index in [4.69, 9.17) is 4.74 Å². The number of unbranched alkanes of at least 4 members (excludes halogenated alkanes) is 5. The number of aryl methyl sites for hydroxylation is 1. The fourth-order valence-corrected chi connectivity index (χ4v) is 4.48. The summed E-state index contributed by atoms with van der Waals surface area (Å²) in [6, 6.07) is 16.1. The molecule has 0 saturated heterocycles. The average molecular weight is 407 g/mol. The van der Waals surface area contributed by atoms with Crippen LogP contribution in [0.1, 0.15) is 105 Å². The van der Waals surface area contributed by atoms with Crippen LogP contribution in [-0.4, -0.2) is 5.97 Å². The van der Waals surface area contributed by atoms with E-state index in [2.05, 4.69) is 38.1 Å². The van der Waals surface area contributed by atoms with Crippen molar-refractivity contribution in [2.24, 2.45) is 5.92 Å². The Labute approximate surface area is 183 Å². The molecule has 162 valence electrons. The van der Waals surface area contributed by atoms with E-state index in [1.807, 2.05) is 24.3 Å². The topological polar surface area (TPSA) is 26.3 Å². The van der Waals surface area contributed by atoms with Crippen molar-refractivity contribution in [2.75, 3.05) is 0 Å². The lowest BCUT2D eigenvalue weighted by Gasteiger charge is -2.26. The van der Waals surface area contributed by atoms with Crippen molar-refractivity contribution in [1.29, 1.82) is 0 Å². The summed E-state index contributed by atoms with van der Waals surface area (Å²) in [5.74, 6) is 1.87. The number of carbonyl (C=O) groups is 1. The molecule has 2 nitrogen and oxygen atoms in total. The van der Waals surface area contributed by atoms with Gasteiger partial charge in [-0.05, 0) is 72.9 Å². The summed E-state index contributed by atoms with van der Waals surface area (Å²) in [6.07, 6.45) is 14.1. The molecule has 0 bridgehead atoms. The zero-order valence-electron chi connectivity index (χ0n) is 18.9. The molecule has 0 heterocycles. The van der Waals surface area contributed by atoms with Gasteiger partial charge in [0.2, 0.25) is 0 Å². The first-order chi connectivity index (χ1) is 14.7. The van der Waals surface area contributed by atoms with Gasteiger partial charge in [0, 0.05) is 0 Å². The van der Waals surface area contributed by atoms with Gasteiger partial charge in [0.15, 0.2) is 0 Å². The molecule has 2 aromatic carbocycles. The highest BCUT2D eigenvalue weighted by atomic mass is 16.5. The van der Waals surface area contributed by atoms with Gasteiger partial charge in [0.25, 0.3) is 0 Å². The maximum Gasteiger partial charge on any atom is 0.343 e. The Kier molecular flexibility index (Phi) is 8.99. The van der Waals surface area contributed by atoms with E-state index in [1.165, 1.54) is 75.3 Å². The SMILES string of the molecule is CCCCCCCCc1ccc(C(=O)Oc2ccc(C3CCC(C)CC3)cc2)cc1. The van der Waals surface area contributed by atoms with E-state index in [0.717, 1.165) is 12.3 Å². The van der Waals surface area contributed by atoms with Gasteiger partial charge in [0.1, 0.15) is 5.75 Å². The lowest BCUT2D eigenvalue weighted by Crippen LogP contribution is -2.11. The average Bonchev–Trinajstić information content (AvgIpc) is 2.78. The van der Waals surface area contributed by atoms with Crippen molar-refractivity contribution in [3.05, 3.63) is 65.2 Å². The van der Waals surface area contributed by atoms with Crippen LogP contribution in [0.15, 0.2) is 48.5 Å². The highest BCUT2D eigenvalue weighted by Gasteiger charge is 2.19. The Bertz CT molecular complexity index is 752. The molecule has 2 aromatic rings. The minimum Gasteiger partial charge on any atom is -0.423 e. The molecule has 1 aliphatic carbocycles. The fraction of sp³-hybridized carbons (Fsp3) is 0.536. The first-order valence-corrected chi connectivity index (χ1v) is 12.1. The van der Waals surface area contributed by atoms with E-state index in [1.54, 1.807) is 0 Å². The Morgan fingerprint density at radius 2 is 1.47 bits per heavy atom. The highest BCUT2D eigenvalue weighted by Crippen LogP contribution is 2.36. The summed E-state index contributed by atoms with van der Waals surface area (Å²) >= 11 is 0. The monoisotopic (exact) mass is 406 g/mol. The van der Waals surface area contributed by atoms with Crippen LogP contribution in [0.5, 0.6) is 5.75 Å². The van der Waals surface area contributed by atoms with Crippen molar-refractivity contribution in [2.45, 2.75) is 90.4 Å². The van der Waals surface area contributed by atoms with Crippen molar-refractivity contribution >= 4 is 5.97 Å². The quantitative estimate of drug-likeness (QED) is 0.226. The fourth-order valence-electron chi connectivity index (χ4n) is 4.48. The van der Waals surface area contributed by atoms with Gasteiger partial charge >= 0.3 is 5.97 Å². The number of benzene rings is 2. The van der Waals surface area contributed by atoms with Crippen LogP contribution in [0.4, 0.5) is 0 Å². The molecule has 0 N–H and O–H groups in total. The number of rotatable bonds is 10. The second kappa shape index (κ2) is 11.9. The summed E-state index contributed by atoms with van der Waals surface area (Å²) < 4.78 is 5.60. The molecule has 30 heavy (non-hydrogen) atoms. The molecule has 0 atom stereocenters. The number of hydrogen-bond donors (Lipinski definition) is 0. The Morgan fingerprint density at radius 1 is 0.833 bits per heavy atom. The third-order valence-electron chi connectivity index (χ3n) is 6.59. The maximum absolute atomic E-state index is 12.5. The Balaban J connectivity index is 1.45. The van der Waals surface area contributed by atoms with Gasteiger partial charge in [-0.3, -0.25) is 0 Å². The van der Waals surface area contributed by atoms with Crippen LogP contribution in [-0.2, 0) is 6.42 Å². The summed E-state index contributed by atoms with van der Waals surface area (Å²) in [5.41, 5.74) is 3.29. The Hall–Kier alpha value is -2.09. The predicted octanol–water partition coefficient (Wildman–Crippen LogP) is 8.10. The maximum atomic E-state index is 12.5. The molecule has 0 radical (unpaired) electrons. The third-order valence-corrected chi connectivity index (χ3v) is 6.59. The van der Waals surface area contributed by atoms with E-state index in [-0.39, 0.29) is 5.97 Å². The van der Waals surface area contributed by atoms with Gasteiger partial charge in [-0.2, -0.15) is 0 Å². The molecule has 0 spiro atoms. The predicted molar refractivity (Wildman–Crippen MR) is 125 cm³/mol. The molecular formula is C28H38O2. The van der Waals surface area contributed by atoms with Crippen molar-refractivity contribution < 1.29 is 9.53 Å². The molecule has 0 amide bonds. The zero-order chi connectivity index (χ0) is 21.2. The van der Waals surface area contributed by atoms with Gasteiger partial charge in [-0.1, -0.05) is 83.1 Å². The van der Waals surface area contributed by atoms with Gasteiger partial charge < -0.3 is 4.74 Å². The van der Waals surface area contributed by atoms with Gasteiger partial charge in [0.05, 0.1) is 5.56 Å². The third kappa shape index (κ3) is 7.00. The van der Waals surface area contributed by atoms with Crippen LogP contribution < -0.4 is 4.74 Å². The number of esters is 1. The largest absolute Gasteiger partial charge is 0.423 e. The minimum absolute atomic E-state index is 0.277. The summed E-state index contributed by atoms with van der Waals surface area (Å²) in [6.45, 7) is 4.60. The van der Waals surface area contributed by atoms with Crippen molar-refractivity contribution in [3.63, 3.8) is 0 Å². The van der Waals surface area contributed by atoms with E-state index in [9.17, 15) is 4.79 Å². The molecule has 0 aromatic heterocycles. The zero-order valence-corrected chi connectivity index (χ0v) is 18.9. The van der Waals surface area contributed by atoms with Crippen LogP contribution in [0, 0.1) is 5.92 Å². The van der Waals surface area contributed by atoms with Crippen LogP contribution in [0.2, 0.25) is 0 Å². The molecule has 2 heteroatoms. The molecular weight excluding hydrogens is 368 g/mol. The second-order valence-corrected chi connectivity index (χ2v) is 9.13. The van der Waals surface area contributed by atoms with Crippen LogP contribution in [0.25, 0.3) is 0 Å². The summed E-state index contributed by atoms with van der Waals surface area (Å²) in [5, 5.41) is 0. The summed E-state index contributed by atoms with van der Waals surface area (Å²) in [4.78, 5) is 12.5. The smallest absolute Gasteiger partial charge is 0.343 e. The Morgan fingerprint density at radius 3 is 2.13 bits per heavy atom. The van der Waals surface area contributed by atoms with Crippen molar-refractivity contribution in [1.82, 2.24) is 0 Å². The number of hydrogen-bond acceptors (Lipinski definition) is 2. The number of ether oxygens (including phenoxy) is 1. The molecule has 0 unspecified atom stereocenters. The molecule has 1 saturated carbocycles. The lowest BCUT2D eigenvalue weighted by molar-refractivity contribution is 0.0734. The second-order valence-electron chi connectivity index (χ2n) is 9.13. The lowest BCUT2D eigenvalue weighted by atomic mass is 9.79. The van der Waals surface area contributed by atoms with Gasteiger partial charge in [-0.25, -0.2) is 4.79 Å². The highest BCUT2D eigenvalue weighted by molar-refractivity contribution is 5.91. The normalized spacial score (nSPS) is 18.9. The molecule has 1 aliphatic rings. The van der Waals surface area contributed by atoms with Gasteiger partial charge in [-0.15, -0.1) is 0 Å². The van der Waals surface area contributed by atoms with Crippen LogP contribution >= 0.6 is 0 Å². The first kappa shape index (κ1) is 22.6. The summed E-state index contributed by atoms with van der Waals surface area (Å²) in [7, 11) is 0. The minimum atomic E-state index is -0.277. The van der Waals surface area contributed by atoms with E-state index >= 15 is 0 Å².